The van der Waals surface area contributed by atoms with Crippen molar-refractivity contribution in [3.8, 4) is 0 Å². The van der Waals surface area contributed by atoms with Crippen LogP contribution in [0.1, 0.15) is 39.2 Å². The molecule has 0 radical (unpaired) electrons. The van der Waals surface area contributed by atoms with Gasteiger partial charge in [-0.15, -0.1) is 0 Å². The Morgan fingerprint density at radius 2 is 2.09 bits per heavy atom. The first-order chi connectivity index (χ1) is 10.8. The second kappa shape index (κ2) is 7.77. The molecule has 1 aromatic heterocycles. The molecule has 1 amide bonds. The molecule has 23 heavy (non-hydrogen) atoms. The zero-order valence-electron chi connectivity index (χ0n) is 14.8. The van der Waals surface area contributed by atoms with Gasteiger partial charge in [-0.1, -0.05) is 6.07 Å². The summed E-state index contributed by atoms with van der Waals surface area (Å²) in [5, 5.41) is 0. The summed E-state index contributed by atoms with van der Waals surface area (Å²) in [6.45, 7) is 9.28. The summed E-state index contributed by atoms with van der Waals surface area (Å²) in [5.41, 5.74) is 0.818. The van der Waals surface area contributed by atoms with Gasteiger partial charge in [0.15, 0.2) is 0 Å². The van der Waals surface area contributed by atoms with Gasteiger partial charge in [0.1, 0.15) is 5.60 Å². The average molecular weight is 319 g/mol. The maximum atomic E-state index is 12.1. The molecule has 1 aliphatic heterocycles. The van der Waals surface area contributed by atoms with Gasteiger partial charge in [0.2, 0.25) is 0 Å². The Kier molecular flexibility index (Phi) is 5.99. The second-order valence-corrected chi connectivity index (χ2v) is 7.47. The van der Waals surface area contributed by atoms with E-state index in [4.69, 9.17) is 4.74 Å². The number of piperidine rings is 1. The number of hydrogen-bond acceptors (Lipinski definition) is 4. The minimum atomic E-state index is -0.419. The predicted octanol–water partition coefficient (Wildman–Crippen LogP) is 3.16. The number of carbonyl (C=O) groups is 1. The molecule has 1 aliphatic rings. The quantitative estimate of drug-likeness (QED) is 0.855. The third-order valence-corrected chi connectivity index (χ3v) is 4.01. The zero-order valence-corrected chi connectivity index (χ0v) is 14.8. The minimum Gasteiger partial charge on any atom is -0.444 e. The van der Waals surface area contributed by atoms with E-state index in [1.807, 2.05) is 37.9 Å². The molecule has 0 saturated carbocycles. The molecule has 0 N–H and O–H groups in total. The number of aromatic nitrogens is 1. The molecule has 0 aromatic carbocycles. The molecule has 0 spiro atoms. The highest BCUT2D eigenvalue weighted by Gasteiger charge is 2.27. The van der Waals surface area contributed by atoms with Gasteiger partial charge in [0.25, 0.3) is 0 Å². The largest absolute Gasteiger partial charge is 0.444 e. The highest BCUT2D eigenvalue weighted by Crippen LogP contribution is 2.20. The van der Waals surface area contributed by atoms with E-state index in [2.05, 4.69) is 23.0 Å². The first-order valence-corrected chi connectivity index (χ1v) is 8.39. The van der Waals surface area contributed by atoms with Crippen LogP contribution in [0.3, 0.4) is 0 Å². The summed E-state index contributed by atoms with van der Waals surface area (Å²) >= 11 is 0. The number of hydrogen-bond donors (Lipinski definition) is 0. The molecular formula is C18H29N3O2. The van der Waals surface area contributed by atoms with Crippen LogP contribution in [0, 0.1) is 5.92 Å². The Balaban J connectivity index is 1.73. The Morgan fingerprint density at radius 3 is 2.65 bits per heavy atom. The van der Waals surface area contributed by atoms with E-state index in [1.165, 1.54) is 5.56 Å². The molecule has 2 heterocycles. The van der Waals surface area contributed by atoms with Crippen molar-refractivity contribution in [2.45, 2.75) is 45.8 Å². The fourth-order valence-electron chi connectivity index (χ4n) is 2.93. The number of likely N-dealkylation sites (tertiary alicyclic amines) is 1. The van der Waals surface area contributed by atoms with Crippen LogP contribution in [-0.4, -0.2) is 53.2 Å². The van der Waals surface area contributed by atoms with Crippen molar-refractivity contribution in [1.29, 1.82) is 0 Å². The Bertz CT molecular complexity index is 491. The van der Waals surface area contributed by atoms with Crippen LogP contribution in [-0.2, 0) is 11.3 Å². The molecular weight excluding hydrogens is 290 g/mol. The lowest BCUT2D eigenvalue weighted by molar-refractivity contribution is 0.0172. The third-order valence-electron chi connectivity index (χ3n) is 4.01. The summed E-state index contributed by atoms with van der Waals surface area (Å²) in [7, 11) is 2.15. The number of pyridine rings is 1. The first-order valence-electron chi connectivity index (χ1n) is 8.39. The van der Waals surface area contributed by atoms with E-state index in [-0.39, 0.29) is 6.09 Å². The fourth-order valence-corrected chi connectivity index (χ4v) is 2.93. The van der Waals surface area contributed by atoms with Gasteiger partial charge < -0.3 is 14.5 Å². The molecule has 0 atom stereocenters. The van der Waals surface area contributed by atoms with Crippen molar-refractivity contribution in [1.82, 2.24) is 14.8 Å². The van der Waals surface area contributed by atoms with Gasteiger partial charge in [-0.05, 0) is 58.2 Å². The van der Waals surface area contributed by atoms with E-state index < -0.39 is 5.60 Å². The lowest BCUT2D eigenvalue weighted by Crippen LogP contribution is -2.43. The van der Waals surface area contributed by atoms with Crippen LogP contribution in [0.15, 0.2) is 24.5 Å². The zero-order chi connectivity index (χ0) is 16.9. The Hall–Kier alpha value is -1.62. The molecule has 1 aromatic rings. The molecule has 1 fully saturated rings. The number of ether oxygens (including phenoxy) is 1. The second-order valence-electron chi connectivity index (χ2n) is 7.47. The van der Waals surface area contributed by atoms with Crippen molar-refractivity contribution >= 4 is 6.09 Å². The molecule has 5 heteroatoms. The molecule has 2 rings (SSSR count). The number of carbonyl (C=O) groups excluding carboxylic acids is 1. The lowest BCUT2D eigenvalue weighted by atomic mass is 9.96. The van der Waals surface area contributed by atoms with Gasteiger partial charge in [-0.25, -0.2) is 4.79 Å². The van der Waals surface area contributed by atoms with E-state index in [0.29, 0.717) is 5.92 Å². The Labute approximate surface area is 139 Å². The topological polar surface area (TPSA) is 45.7 Å². The third kappa shape index (κ3) is 6.18. The van der Waals surface area contributed by atoms with Gasteiger partial charge in [-0.2, -0.15) is 0 Å². The summed E-state index contributed by atoms with van der Waals surface area (Å²) in [5.74, 6) is 0.635. The fraction of sp³-hybridized carbons (Fsp3) is 0.667. The van der Waals surface area contributed by atoms with Gasteiger partial charge >= 0.3 is 6.09 Å². The van der Waals surface area contributed by atoms with Crippen LogP contribution in [0.5, 0.6) is 0 Å². The maximum Gasteiger partial charge on any atom is 0.410 e. The summed E-state index contributed by atoms with van der Waals surface area (Å²) < 4.78 is 5.44. The number of amides is 1. The normalized spacial score (nSPS) is 16.7. The molecule has 128 valence electrons. The first kappa shape index (κ1) is 17.7. The van der Waals surface area contributed by atoms with Crippen molar-refractivity contribution in [3.05, 3.63) is 30.1 Å². The van der Waals surface area contributed by atoms with Crippen molar-refractivity contribution in [2.75, 3.05) is 26.7 Å². The van der Waals surface area contributed by atoms with Crippen LogP contribution >= 0.6 is 0 Å². The predicted molar refractivity (Wildman–Crippen MR) is 91.1 cm³/mol. The van der Waals surface area contributed by atoms with E-state index in [1.54, 1.807) is 6.20 Å². The number of rotatable bonds is 4. The molecule has 1 saturated heterocycles. The number of nitrogens with zero attached hydrogens (tertiary/aromatic N) is 3. The SMILES string of the molecule is CN(Cc1cccnc1)CC1CCN(C(=O)OC(C)(C)C)CC1. The lowest BCUT2D eigenvalue weighted by Gasteiger charge is -2.34. The van der Waals surface area contributed by atoms with E-state index in [0.717, 1.165) is 39.0 Å². The highest BCUT2D eigenvalue weighted by atomic mass is 16.6. The molecule has 0 unspecified atom stereocenters. The maximum absolute atomic E-state index is 12.1. The smallest absolute Gasteiger partial charge is 0.410 e. The minimum absolute atomic E-state index is 0.181. The summed E-state index contributed by atoms with van der Waals surface area (Å²) in [4.78, 5) is 20.4. The summed E-state index contributed by atoms with van der Waals surface area (Å²) in [6, 6.07) is 4.08. The van der Waals surface area contributed by atoms with Gasteiger partial charge in [0.05, 0.1) is 0 Å². The van der Waals surface area contributed by atoms with Gasteiger partial charge in [-0.3, -0.25) is 4.98 Å². The van der Waals surface area contributed by atoms with Crippen LogP contribution < -0.4 is 0 Å². The van der Waals surface area contributed by atoms with Crippen molar-refractivity contribution < 1.29 is 9.53 Å². The molecule has 5 nitrogen and oxygen atoms in total. The van der Waals surface area contributed by atoms with Crippen LogP contribution in [0.2, 0.25) is 0 Å². The van der Waals surface area contributed by atoms with E-state index in [9.17, 15) is 4.79 Å². The van der Waals surface area contributed by atoms with Crippen LogP contribution in [0.4, 0.5) is 4.79 Å². The summed E-state index contributed by atoms with van der Waals surface area (Å²) in [6.07, 6.45) is 5.62. The average Bonchev–Trinajstić information content (AvgIpc) is 2.47. The Morgan fingerprint density at radius 1 is 1.39 bits per heavy atom. The molecule has 0 bridgehead atoms. The standard InChI is InChI=1S/C18H29N3O2/c1-18(2,3)23-17(22)21-10-7-15(8-11-21)13-20(4)14-16-6-5-9-19-12-16/h5-6,9,12,15H,7-8,10-11,13-14H2,1-4H3. The van der Waals surface area contributed by atoms with Gasteiger partial charge in [0, 0.05) is 38.6 Å². The highest BCUT2D eigenvalue weighted by molar-refractivity contribution is 5.68. The van der Waals surface area contributed by atoms with Crippen molar-refractivity contribution in [2.24, 2.45) is 5.92 Å². The van der Waals surface area contributed by atoms with Crippen LogP contribution in [0.25, 0.3) is 0 Å². The molecule has 0 aliphatic carbocycles. The van der Waals surface area contributed by atoms with Crippen molar-refractivity contribution in [3.63, 3.8) is 0 Å². The van der Waals surface area contributed by atoms with E-state index >= 15 is 0 Å². The monoisotopic (exact) mass is 319 g/mol.